The monoisotopic (exact) mass is 186 g/mol. The summed E-state index contributed by atoms with van der Waals surface area (Å²) >= 11 is 0. The second-order valence-electron chi connectivity index (χ2n) is 3.01. The lowest BCUT2D eigenvalue weighted by Gasteiger charge is -2.37. The maximum Gasteiger partial charge on any atom is 0.410 e. The molecule has 74 valence electrons. The molecule has 1 unspecified atom stereocenters. The number of carbonyl (C=O) groups excluding carboxylic acids is 2. The molecule has 1 fully saturated rings. The molecule has 1 heterocycles. The van der Waals surface area contributed by atoms with Gasteiger partial charge in [0.25, 0.3) is 0 Å². The molecule has 0 aromatic rings. The van der Waals surface area contributed by atoms with Crippen molar-refractivity contribution in [1.29, 1.82) is 0 Å². The predicted molar refractivity (Wildman–Crippen MR) is 45.9 cm³/mol. The van der Waals surface area contributed by atoms with E-state index >= 15 is 0 Å². The molecule has 1 atom stereocenters. The van der Waals surface area contributed by atoms with Crippen molar-refractivity contribution in [3.05, 3.63) is 0 Å². The first-order chi connectivity index (χ1) is 6.16. The summed E-state index contributed by atoms with van der Waals surface area (Å²) in [5.41, 5.74) is 5.07. The van der Waals surface area contributed by atoms with Crippen LogP contribution < -0.4 is 5.73 Å². The van der Waals surface area contributed by atoms with Crippen molar-refractivity contribution in [3.8, 4) is 0 Å². The zero-order valence-corrected chi connectivity index (χ0v) is 7.66. The first-order valence-corrected chi connectivity index (χ1v) is 4.39. The van der Waals surface area contributed by atoms with Crippen molar-refractivity contribution in [2.75, 3.05) is 13.2 Å². The van der Waals surface area contributed by atoms with E-state index in [1.165, 1.54) is 4.90 Å². The molecule has 2 N–H and O–H groups in total. The molecule has 1 aliphatic rings. The highest BCUT2D eigenvalue weighted by Crippen LogP contribution is 2.17. The molecule has 13 heavy (non-hydrogen) atoms. The zero-order valence-electron chi connectivity index (χ0n) is 7.66. The van der Waals surface area contributed by atoms with Gasteiger partial charge in [-0.05, 0) is 12.8 Å². The minimum Gasteiger partial charge on any atom is -0.449 e. The first kappa shape index (κ1) is 9.83. The molecule has 2 amide bonds. The molecule has 1 rings (SSSR count). The lowest BCUT2D eigenvalue weighted by atomic mass is 10.0. The molecular weight excluding hydrogens is 172 g/mol. The van der Waals surface area contributed by atoms with Crippen LogP contribution in [0.1, 0.15) is 19.8 Å². The number of amides is 2. The van der Waals surface area contributed by atoms with Crippen molar-refractivity contribution >= 4 is 12.0 Å². The Kier molecular flexibility index (Phi) is 3.11. The van der Waals surface area contributed by atoms with Crippen molar-refractivity contribution < 1.29 is 14.3 Å². The van der Waals surface area contributed by atoms with Crippen molar-refractivity contribution in [2.24, 2.45) is 5.73 Å². The van der Waals surface area contributed by atoms with Gasteiger partial charge < -0.3 is 10.5 Å². The minimum atomic E-state index is -0.459. The minimum absolute atomic E-state index is 0.390. The summed E-state index contributed by atoms with van der Waals surface area (Å²) in [5.74, 6) is -0.459. The average Bonchev–Trinajstić information content (AvgIpc) is 1.97. The average molecular weight is 186 g/mol. The molecule has 0 radical (unpaired) electrons. The number of likely N-dealkylation sites (tertiary alicyclic amines) is 1. The van der Waals surface area contributed by atoms with E-state index in [2.05, 4.69) is 0 Å². The Labute approximate surface area is 76.8 Å². The molecular formula is C8H14N2O3. The number of hydrogen-bond donors (Lipinski definition) is 1. The summed E-state index contributed by atoms with van der Waals surface area (Å²) in [6.07, 6.45) is 0.995. The van der Waals surface area contributed by atoms with E-state index in [4.69, 9.17) is 10.5 Å². The normalized spacial score (nSPS) is 20.7. The van der Waals surface area contributed by atoms with Crippen LogP contribution in [0.2, 0.25) is 0 Å². The third kappa shape index (κ3) is 2.11. The van der Waals surface area contributed by atoms with Gasteiger partial charge in [0.15, 0.2) is 0 Å². The van der Waals surface area contributed by atoms with E-state index < -0.39 is 18.0 Å². The molecule has 1 saturated heterocycles. The van der Waals surface area contributed by atoms with Crippen molar-refractivity contribution in [3.63, 3.8) is 0 Å². The Morgan fingerprint density at radius 2 is 2.31 bits per heavy atom. The van der Waals surface area contributed by atoms with Crippen LogP contribution in [0.25, 0.3) is 0 Å². The third-order valence-corrected chi connectivity index (χ3v) is 2.01. The predicted octanol–water partition coefficient (Wildman–Crippen LogP) is 0.0926. The quantitative estimate of drug-likeness (QED) is 0.679. The fraction of sp³-hybridized carbons (Fsp3) is 0.750. The van der Waals surface area contributed by atoms with Crippen molar-refractivity contribution in [1.82, 2.24) is 4.90 Å². The Morgan fingerprint density at radius 1 is 1.62 bits per heavy atom. The fourth-order valence-electron chi connectivity index (χ4n) is 1.17. The second-order valence-corrected chi connectivity index (χ2v) is 3.01. The highest BCUT2D eigenvalue weighted by Gasteiger charge is 2.37. The van der Waals surface area contributed by atoms with E-state index in [0.717, 1.165) is 6.42 Å². The van der Waals surface area contributed by atoms with E-state index in [1.807, 2.05) is 6.92 Å². The lowest BCUT2D eigenvalue weighted by molar-refractivity contribution is -0.126. The van der Waals surface area contributed by atoms with E-state index in [0.29, 0.717) is 19.6 Å². The number of nitrogens with zero attached hydrogens (tertiary/aromatic N) is 1. The Morgan fingerprint density at radius 3 is 2.69 bits per heavy atom. The van der Waals surface area contributed by atoms with E-state index in [1.54, 1.807) is 0 Å². The van der Waals surface area contributed by atoms with Gasteiger partial charge in [-0.2, -0.15) is 0 Å². The molecule has 0 bridgehead atoms. The van der Waals surface area contributed by atoms with Crippen molar-refractivity contribution in [2.45, 2.75) is 25.8 Å². The van der Waals surface area contributed by atoms with Gasteiger partial charge in [-0.15, -0.1) is 0 Å². The topological polar surface area (TPSA) is 72.6 Å². The van der Waals surface area contributed by atoms with Gasteiger partial charge in [-0.25, -0.2) is 4.79 Å². The van der Waals surface area contributed by atoms with Gasteiger partial charge in [0.2, 0.25) is 5.91 Å². The van der Waals surface area contributed by atoms with Gasteiger partial charge in [0.05, 0.1) is 6.61 Å². The Balaban J connectivity index is 2.35. The highest BCUT2D eigenvalue weighted by atomic mass is 16.6. The second kappa shape index (κ2) is 4.11. The zero-order chi connectivity index (χ0) is 9.84. The number of primary amides is 1. The molecule has 0 aromatic carbocycles. The maximum atomic E-state index is 11.2. The summed E-state index contributed by atoms with van der Waals surface area (Å²) in [4.78, 5) is 23.3. The number of nitrogens with two attached hydrogens (primary N) is 1. The SMILES string of the molecule is CCCOC(=O)N1CCC1C(N)=O. The summed E-state index contributed by atoms with van der Waals surface area (Å²) in [6.45, 7) is 2.87. The van der Waals surface area contributed by atoms with Crippen LogP contribution in [0.3, 0.4) is 0 Å². The molecule has 0 aliphatic carbocycles. The molecule has 1 aliphatic heterocycles. The van der Waals surface area contributed by atoms with Gasteiger partial charge in [-0.1, -0.05) is 6.92 Å². The van der Waals surface area contributed by atoms with Gasteiger partial charge >= 0.3 is 6.09 Å². The third-order valence-electron chi connectivity index (χ3n) is 2.01. The molecule has 5 nitrogen and oxygen atoms in total. The van der Waals surface area contributed by atoms with E-state index in [9.17, 15) is 9.59 Å². The van der Waals surface area contributed by atoms with Crippen LogP contribution in [0.4, 0.5) is 4.79 Å². The van der Waals surface area contributed by atoms with Gasteiger partial charge in [0, 0.05) is 6.54 Å². The molecule has 0 aromatic heterocycles. The van der Waals surface area contributed by atoms with Gasteiger partial charge in [-0.3, -0.25) is 9.69 Å². The summed E-state index contributed by atoms with van der Waals surface area (Å²) in [6, 6.07) is -0.454. The molecule has 0 spiro atoms. The maximum absolute atomic E-state index is 11.2. The highest BCUT2D eigenvalue weighted by molar-refractivity contribution is 5.85. The van der Waals surface area contributed by atoms with E-state index in [-0.39, 0.29) is 0 Å². The summed E-state index contributed by atoms with van der Waals surface area (Å²) < 4.78 is 4.85. The molecule has 5 heteroatoms. The first-order valence-electron chi connectivity index (χ1n) is 4.39. The van der Waals surface area contributed by atoms with Crippen LogP contribution in [0.15, 0.2) is 0 Å². The number of hydrogen-bond acceptors (Lipinski definition) is 3. The summed E-state index contributed by atoms with van der Waals surface area (Å²) in [7, 11) is 0. The van der Waals surface area contributed by atoms with Crippen LogP contribution in [-0.4, -0.2) is 36.1 Å². The van der Waals surface area contributed by atoms with Crippen LogP contribution >= 0.6 is 0 Å². The summed E-state index contributed by atoms with van der Waals surface area (Å²) in [5, 5.41) is 0. The number of ether oxygens (including phenoxy) is 1. The smallest absolute Gasteiger partial charge is 0.410 e. The van der Waals surface area contributed by atoms with Crippen LogP contribution in [0.5, 0.6) is 0 Å². The Bertz CT molecular complexity index is 217. The fourth-order valence-corrected chi connectivity index (χ4v) is 1.17. The number of carbonyl (C=O) groups is 2. The number of rotatable bonds is 3. The lowest BCUT2D eigenvalue weighted by Crippen LogP contribution is -2.57. The standard InChI is InChI=1S/C8H14N2O3/c1-2-5-13-8(12)10-4-3-6(10)7(9)11/h6H,2-5H2,1H3,(H2,9,11). The Hall–Kier alpha value is -1.26. The van der Waals surface area contributed by atoms with Crippen LogP contribution in [0, 0.1) is 0 Å². The van der Waals surface area contributed by atoms with Crippen LogP contribution in [-0.2, 0) is 9.53 Å². The van der Waals surface area contributed by atoms with Gasteiger partial charge in [0.1, 0.15) is 6.04 Å². The molecule has 0 saturated carbocycles. The largest absolute Gasteiger partial charge is 0.449 e.